The molecule has 0 aliphatic carbocycles. The van der Waals surface area contributed by atoms with Crippen LogP contribution >= 0.6 is 0 Å². The second-order valence-electron chi connectivity index (χ2n) is 13.2. The molecule has 1 aliphatic rings. The van der Waals surface area contributed by atoms with Gasteiger partial charge in [-0.25, -0.2) is 0 Å². The van der Waals surface area contributed by atoms with E-state index in [0.29, 0.717) is 0 Å². The van der Waals surface area contributed by atoms with Crippen LogP contribution in [0.3, 0.4) is 0 Å². The van der Waals surface area contributed by atoms with Crippen molar-refractivity contribution in [3.05, 3.63) is 72.9 Å². The third-order valence-electron chi connectivity index (χ3n) is 8.56. The highest BCUT2D eigenvalue weighted by Crippen LogP contribution is 2.35. The highest BCUT2D eigenvalue weighted by Gasteiger charge is 2.40. The number of rotatable bonds is 30. The lowest BCUT2D eigenvalue weighted by molar-refractivity contribution is -0.180. The van der Waals surface area contributed by atoms with Gasteiger partial charge in [-0.1, -0.05) is 131 Å². The third kappa shape index (κ3) is 26.1. The number of unbranched alkanes of at least 4 members (excludes halogenated alkanes) is 12. The van der Waals surface area contributed by atoms with Crippen molar-refractivity contribution < 1.29 is 9.47 Å². The maximum Gasteiger partial charge on any atom is 0.168 e. The van der Waals surface area contributed by atoms with Gasteiger partial charge >= 0.3 is 0 Å². The van der Waals surface area contributed by atoms with E-state index in [2.05, 4.69) is 106 Å². The average Bonchev–Trinajstić information content (AvgIpc) is 3.44. The van der Waals surface area contributed by atoms with Crippen molar-refractivity contribution in [3.8, 4) is 0 Å². The highest BCUT2D eigenvalue weighted by atomic mass is 16.7. The Bertz CT molecular complexity index is 821. The van der Waals surface area contributed by atoms with Crippen molar-refractivity contribution >= 4 is 0 Å². The predicted molar refractivity (Wildman–Crippen MR) is 200 cm³/mol. The molecule has 0 aromatic carbocycles. The Balaban J connectivity index is 2.18. The summed E-state index contributed by atoms with van der Waals surface area (Å²) in [7, 11) is 4.29. The first-order valence-electron chi connectivity index (χ1n) is 18.9. The molecule has 0 saturated carbocycles. The average molecular weight is 624 g/mol. The van der Waals surface area contributed by atoms with E-state index in [4.69, 9.17) is 9.47 Å². The minimum atomic E-state index is -0.325. The van der Waals surface area contributed by atoms with Gasteiger partial charge in [0.25, 0.3) is 0 Å². The van der Waals surface area contributed by atoms with E-state index in [1.807, 2.05) is 0 Å². The Kier molecular flexibility index (Phi) is 28.4. The van der Waals surface area contributed by atoms with Crippen molar-refractivity contribution in [2.24, 2.45) is 0 Å². The Morgan fingerprint density at radius 3 is 1.51 bits per heavy atom. The Morgan fingerprint density at radius 2 is 1.02 bits per heavy atom. The lowest BCUT2D eigenvalue weighted by Gasteiger charge is -2.29. The van der Waals surface area contributed by atoms with Crippen LogP contribution in [-0.4, -0.2) is 44.0 Å². The topological polar surface area (TPSA) is 21.7 Å². The summed E-state index contributed by atoms with van der Waals surface area (Å²) in [5.74, 6) is -0.325. The maximum atomic E-state index is 6.66. The van der Waals surface area contributed by atoms with E-state index in [1.54, 1.807) is 0 Å². The second-order valence-corrected chi connectivity index (χ2v) is 13.2. The fourth-order valence-corrected chi connectivity index (χ4v) is 5.80. The zero-order valence-electron chi connectivity index (χ0n) is 30.2. The van der Waals surface area contributed by atoms with Gasteiger partial charge < -0.3 is 14.4 Å². The van der Waals surface area contributed by atoms with Crippen LogP contribution in [0.2, 0.25) is 0 Å². The first kappa shape index (κ1) is 41.3. The zero-order valence-corrected chi connectivity index (χ0v) is 30.2. The standard InChI is InChI=1S/C42H73NO2/c1-5-7-9-11-13-15-17-19-21-23-25-27-29-31-33-35-38-42(44-40-41(45-42)36-39-43(3)4)37-34-32-30-28-26-24-22-20-18-16-14-12-10-8-6-2/h6-9,12-15,18-21,41H,5,10-11,16-17,22-40H2,1-4H3. The zero-order chi connectivity index (χ0) is 32.5. The Morgan fingerprint density at radius 1 is 0.578 bits per heavy atom. The minimum Gasteiger partial charge on any atom is -0.347 e. The normalized spacial score (nSPS) is 19.5. The van der Waals surface area contributed by atoms with Crippen molar-refractivity contribution in [1.29, 1.82) is 0 Å². The molecule has 0 amide bonds. The molecule has 0 radical (unpaired) electrons. The molecule has 1 saturated heterocycles. The van der Waals surface area contributed by atoms with E-state index >= 15 is 0 Å². The SMILES string of the molecule is CC=CCC=CCC=CCCCCCCCCC1(CCCCCCCCC=CCC=CCC=CCC)OCC(CCN(C)C)O1. The lowest BCUT2D eigenvalue weighted by atomic mass is 9.98. The molecule has 1 heterocycles. The fraction of sp³-hybridized carbons (Fsp3) is 0.714. The summed E-state index contributed by atoms with van der Waals surface area (Å²) < 4.78 is 13.1. The van der Waals surface area contributed by atoms with Gasteiger partial charge in [-0.15, -0.1) is 0 Å². The number of nitrogens with zero attached hydrogens (tertiary/aromatic N) is 1. The maximum absolute atomic E-state index is 6.66. The van der Waals surface area contributed by atoms with Gasteiger partial charge in [-0.2, -0.15) is 0 Å². The largest absolute Gasteiger partial charge is 0.347 e. The molecule has 0 aromatic heterocycles. The monoisotopic (exact) mass is 624 g/mol. The molecular formula is C42H73NO2. The first-order chi connectivity index (χ1) is 22.1. The fourth-order valence-electron chi connectivity index (χ4n) is 5.80. The molecule has 2 atom stereocenters. The third-order valence-corrected chi connectivity index (χ3v) is 8.56. The lowest BCUT2D eigenvalue weighted by Crippen LogP contribution is -2.31. The van der Waals surface area contributed by atoms with Gasteiger partial charge in [-0.3, -0.25) is 0 Å². The van der Waals surface area contributed by atoms with Crippen molar-refractivity contribution in [3.63, 3.8) is 0 Å². The summed E-state index contributed by atoms with van der Waals surface area (Å²) in [6.45, 7) is 6.09. The molecule has 1 aliphatic heterocycles. The van der Waals surface area contributed by atoms with Crippen LogP contribution in [0.15, 0.2) is 72.9 Å². The highest BCUT2D eigenvalue weighted by molar-refractivity contribution is 4.97. The summed E-state index contributed by atoms with van der Waals surface area (Å²) in [5, 5.41) is 0. The molecule has 2 unspecified atom stereocenters. The molecule has 0 aromatic rings. The quantitative estimate of drug-likeness (QED) is 0.0587. The smallest absolute Gasteiger partial charge is 0.168 e. The Labute approximate surface area is 281 Å². The van der Waals surface area contributed by atoms with Crippen LogP contribution in [0, 0.1) is 0 Å². The van der Waals surface area contributed by atoms with Crippen molar-refractivity contribution in [2.45, 2.75) is 167 Å². The molecule has 1 rings (SSSR count). The summed E-state index contributed by atoms with van der Waals surface area (Å²) in [5.41, 5.74) is 0. The minimum absolute atomic E-state index is 0.255. The van der Waals surface area contributed by atoms with Gasteiger partial charge in [0, 0.05) is 19.4 Å². The van der Waals surface area contributed by atoms with Crippen LogP contribution in [0.25, 0.3) is 0 Å². The molecule has 0 N–H and O–H groups in total. The van der Waals surface area contributed by atoms with Gasteiger partial charge in [0.05, 0.1) is 12.7 Å². The van der Waals surface area contributed by atoms with Gasteiger partial charge in [0.2, 0.25) is 0 Å². The molecular weight excluding hydrogens is 550 g/mol. The molecule has 0 bridgehead atoms. The van der Waals surface area contributed by atoms with E-state index in [0.717, 1.165) is 64.5 Å². The molecule has 0 spiro atoms. The molecule has 45 heavy (non-hydrogen) atoms. The van der Waals surface area contributed by atoms with E-state index in [1.165, 1.54) is 89.9 Å². The summed E-state index contributed by atoms with van der Waals surface area (Å²) in [6, 6.07) is 0. The number of ether oxygens (including phenoxy) is 2. The van der Waals surface area contributed by atoms with Crippen LogP contribution in [0.1, 0.15) is 155 Å². The summed E-state index contributed by atoms with van der Waals surface area (Å²) in [6.07, 6.45) is 54.2. The van der Waals surface area contributed by atoms with Crippen molar-refractivity contribution in [1.82, 2.24) is 4.90 Å². The van der Waals surface area contributed by atoms with Gasteiger partial charge in [-0.05, 0) is 98.1 Å². The number of allylic oxidation sites excluding steroid dienone is 12. The Hall–Kier alpha value is -1.68. The van der Waals surface area contributed by atoms with E-state index in [-0.39, 0.29) is 11.9 Å². The van der Waals surface area contributed by atoms with Gasteiger partial charge in [0.1, 0.15) is 0 Å². The predicted octanol–water partition coefficient (Wildman–Crippen LogP) is 12.6. The molecule has 258 valence electrons. The van der Waals surface area contributed by atoms with Crippen LogP contribution in [0.5, 0.6) is 0 Å². The number of hydrogen-bond donors (Lipinski definition) is 0. The molecule has 1 fully saturated rings. The van der Waals surface area contributed by atoms with Gasteiger partial charge in [0.15, 0.2) is 5.79 Å². The molecule has 3 heteroatoms. The summed E-state index contributed by atoms with van der Waals surface area (Å²) >= 11 is 0. The van der Waals surface area contributed by atoms with Crippen LogP contribution < -0.4 is 0 Å². The summed E-state index contributed by atoms with van der Waals surface area (Å²) in [4.78, 5) is 2.25. The van der Waals surface area contributed by atoms with Crippen LogP contribution in [-0.2, 0) is 9.47 Å². The first-order valence-corrected chi connectivity index (χ1v) is 18.9. The van der Waals surface area contributed by atoms with Crippen LogP contribution in [0.4, 0.5) is 0 Å². The van der Waals surface area contributed by atoms with Crippen molar-refractivity contribution in [2.75, 3.05) is 27.2 Å². The van der Waals surface area contributed by atoms with E-state index < -0.39 is 0 Å². The number of hydrogen-bond acceptors (Lipinski definition) is 3. The molecule has 3 nitrogen and oxygen atoms in total. The second kappa shape index (κ2) is 30.9. The van der Waals surface area contributed by atoms with E-state index in [9.17, 15) is 0 Å².